The van der Waals surface area contributed by atoms with Crippen LogP contribution >= 0.6 is 22.9 Å². The van der Waals surface area contributed by atoms with Crippen molar-refractivity contribution in [2.75, 3.05) is 5.32 Å². The third-order valence-corrected chi connectivity index (χ3v) is 7.77. The zero-order chi connectivity index (χ0) is 22.5. The number of hydrogen-bond donors (Lipinski definition) is 3. The minimum absolute atomic E-state index is 0.168. The van der Waals surface area contributed by atoms with E-state index in [2.05, 4.69) is 25.3 Å². The molecule has 0 unspecified atom stereocenters. The molecule has 3 N–H and O–H groups in total. The highest BCUT2D eigenvalue weighted by atomic mass is 35.5. The summed E-state index contributed by atoms with van der Waals surface area (Å²) in [7, 11) is 0. The molecule has 168 valence electrons. The first-order valence-corrected chi connectivity index (χ1v) is 12.1. The first-order valence-electron chi connectivity index (χ1n) is 10.8. The van der Waals surface area contributed by atoms with Crippen LogP contribution in [0.1, 0.15) is 25.7 Å². The van der Waals surface area contributed by atoms with Gasteiger partial charge in [0, 0.05) is 29.9 Å². The summed E-state index contributed by atoms with van der Waals surface area (Å²) in [5, 5.41) is 16.4. The summed E-state index contributed by atoms with van der Waals surface area (Å²) in [5.74, 6) is 0.389. The topological polar surface area (TPSA) is 130 Å². The van der Waals surface area contributed by atoms with Gasteiger partial charge in [-0.3, -0.25) is 4.79 Å². The first-order chi connectivity index (χ1) is 16.1. The first kappa shape index (κ1) is 20.5. The van der Waals surface area contributed by atoms with Crippen molar-refractivity contribution in [3.63, 3.8) is 0 Å². The van der Waals surface area contributed by atoms with E-state index in [0.717, 1.165) is 30.7 Å². The molecule has 3 aliphatic rings. The van der Waals surface area contributed by atoms with Crippen molar-refractivity contribution in [3.8, 4) is 22.1 Å². The Balaban J connectivity index is 1.45. The van der Waals surface area contributed by atoms with Gasteiger partial charge >= 0.3 is 5.97 Å². The molecule has 0 saturated heterocycles. The van der Waals surface area contributed by atoms with Crippen LogP contribution in [-0.4, -0.2) is 47.0 Å². The molecule has 2 bridgehead atoms. The number of anilines is 1. The number of aromatic nitrogens is 6. The van der Waals surface area contributed by atoms with Gasteiger partial charge in [0.2, 0.25) is 0 Å². The summed E-state index contributed by atoms with van der Waals surface area (Å²) >= 11 is 7.57. The van der Waals surface area contributed by atoms with E-state index in [0.29, 0.717) is 40.0 Å². The lowest BCUT2D eigenvalue weighted by atomic mass is 9.61. The molecular weight excluding hydrogens is 462 g/mol. The van der Waals surface area contributed by atoms with Crippen LogP contribution in [0.2, 0.25) is 5.15 Å². The SMILES string of the molecule is O=C(O)[C@H]1C2CCC(CC2)[C@@H]1Nc1cc(-c2nccs2)nc(-c2c[nH]c3ncc(Cl)nc23)n1. The molecular formula is C22H20ClN7O2S. The van der Waals surface area contributed by atoms with Crippen LogP contribution in [0.25, 0.3) is 33.3 Å². The van der Waals surface area contributed by atoms with Crippen molar-refractivity contribution in [1.29, 1.82) is 0 Å². The van der Waals surface area contributed by atoms with Crippen molar-refractivity contribution >= 4 is 45.9 Å². The number of halogens is 1. The molecule has 4 heterocycles. The zero-order valence-electron chi connectivity index (χ0n) is 17.4. The number of carboxylic acids is 1. The second-order valence-corrected chi connectivity index (χ2v) is 9.88. The number of carbonyl (C=O) groups is 1. The van der Waals surface area contributed by atoms with E-state index in [4.69, 9.17) is 21.6 Å². The third-order valence-electron chi connectivity index (χ3n) is 6.79. The van der Waals surface area contributed by atoms with Crippen molar-refractivity contribution in [3.05, 3.63) is 35.2 Å². The third kappa shape index (κ3) is 3.63. The van der Waals surface area contributed by atoms with Gasteiger partial charge < -0.3 is 15.4 Å². The monoisotopic (exact) mass is 481 g/mol. The predicted molar refractivity (Wildman–Crippen MR) is 125 cm³/mol. The summed E-state index contributed by atoms with van der Waals surface area (Å²) in [6, 6.07) is 1.68. The quantitative estimate of drug-likeness (QED) is 0.380. The number of nitrogens with one attached hydrogen (secondary N) is 2. The fourth-order valence-corrected chi connectivity index (χ4v) is 6.06. The van der Waals surface area contributed by atoms with Crippen LogP contribution in [0, 0.1) is 17.8 Å². The Kier molecular flexibility index (Phi) is 4.99. The Labute approximate surface area is 197 Å². The van der Waals surface area contributed by atoms with E-state index in [-0.39, 0.29) is 17.1 Å². The van der Waals surface area contributed by atoms with E-state index in [1.54, 1.807) is 12.4 Å². The molecule has 3 saturated carbocycles. The molecule has 33 heavy (non-hydrogen) atoms. The highest BCUT2D eigenvalue weighted by Gasteiger charge is 2.47. The molecule has 11 heteroatoms. The molecule has 0 aliphatic heterocycles. The van der Waals surface area contributed by atoms with Crippen molar-refractivity contribution in [2.45, 2.75) is 31.7 Å². The van der Waals surface area contributed by atoms with Gasteiger partial charge in [0.05, 0.1) is 17.7 Å². The van der Waals surface area contributed by atoms with Gasteiger partial charge in [0.1, 0.15) is 27.2 Å². The second-order valence-electron chi connectivity index (χ2n) is 8.60. The van der Waals surface area contributed by atoms with Crippen LogP contribution in [0.3, 0.4) is 0 Å². The van der Waals surface area contributed by atoms with Gasteiger partial charge in [-0.1, -0.05) is 11.6 Å². The number of aliphatic carboxylic acids is 1. The Morgan fingerprint density at radius 1 is 1.15 bits per heavy atom. The standard InChI is InChI=1S/C22H20ClN7O2S/c23-14-9-26-20-18(28-14)12(8-25-20)19-27-13(21-24-5-6-33-21)7-15(30-19)29-17-11-3-1-10(2-4-11)16(17)22(31)32/h5-11,16-17H,1-4H2,(H,25,26)(H,31,32)(H,27,29,30)/t10?,11?,16-,17-/m0/s1. The largest absolute Gasteiger partial charge is 0.481 e. The molecule has 0 radical (unpaired) electrons. The van der Waals surface area contributed by atoms with Gasteiger partial charge in [0.15, 0.2) is 11.5 Å². The van der Waals surface area contributed by atoms with Gasteiger partial charge in [-0.2, -0.15) is 0 Å². The molecule has 4 aromatic rings. The average Bonchev–Trinajstić information content (AvgIpc) is 3.49. The van der Waals surface area contributed by atoms with Crippen LogP contribution in [0.15, 0.2) is 30.0 Å². The molecule has 0 amide bonds. The normalized spacial score (nSPS) is 24.3. The lowest BCUT2D eigenvalue weighted by Gasteiger charge is -2.47. The molecule has 0 spiro atoms. The number of H-pyrrole nitrogens is 1. The number of fused-ring (bicyclic) bond motifs is 4. The second kappa shape index (κ2) is 8.03. The predicted octanol–water partition coefficient (Wildman–Crippen LogP) is 4.49. The molecule has 3 fully saturated rings. The summed E-state index contributed by atoms with van der Waals surface area (Å²) in [6.07, 6.45) is 9.01. The van der Waals surface area contributed by atoms with Gasteiger partial charge in [0.25, 0.3) is 0 Å². The van der Waals surface area contributed by atoms with Crippen molar-refractivity contribution in [2.24, 2.45) is 17.8 Å². The molecule has 9 nitrogen and oxygen atoms in total. The average molecular weight is 482 g/mol. The maximum absolute atomic E-state index is 12.1. The van der Waals surface area contributed by atoms with Gasteiger partial charge in [-0.15, -0.1) is 11.3 Å². The van der Waals surface area contributed by atoms with E-state index in [9.17, 15) is 9.90 Å². The van der Waals surface area contributed by atoms with Crippen LogP contribution in [0.4, 0.5) is 5.82 Å². The fourth-order valence-electron chi connectivity index (χ4n) is 5.32. The molecule has 7 rings (SSSR count). The van der Waals surface area contributed by atoms with E-state index < -0.39 is 11.9 Å². The summed E-state index contributed by atoms with van der Waals surface area (Å²) in [4.78, 5) is 37.8. The number of rotatable bonds is 5. The number of hydrogen-bond acceptors (Lipinski definition) is 8. The van der Waals surface area contributed by atoms with Crippen molar-refractivity contribution < 1.29 is 9.90 Å². The van der Waals surface area contributed by atoms with Crippen LogP contribution < -0.4 is 5.32 Å². The van der Waals surface area contributed by atoms with Gasteiger partial charge in [-0.25, -0.2) is 24.9 Å². The van der Waals surface area contributed by atoms with E-state index >= 15 is 0 Å². The van der Waals surface area contributed by atoms with E-state index in [1.165, 1.54) is 17.5 Å². The summed E-state index contributed by atoms with van der Waals surface area (Å²) in [5.41, 5.74) is 2.49. The highest BCUT2D eigenvalue weighted by Crippen LogP contribution is 2.46. The Bertz CT molecular complexity index is 1330. The summed E-state index contributed by atoms with van der Waals surface area (Å²) in [6.45, 7) is 0. The number of thiazole rings is 1. The lowest BCUT2D eigenvalue weighted by molar-refractivity contribution is -0.148. The van der Waals surface area contributed by atoms with Gasteiger partial charge in [-0.05, 0) is 37.5 Å². The van der Waals surface area contributed by atoms with Crippen molar-refractivity contribution in [1.82, 2.24) is 29.9 Å². The Hall–Kier alpha value is -3.11. The molecule has 3 aliphatic carbocycles. The number of aromatic amines is 1. The Morgan fingerprint density at radius 3 is 2.73 bits per heavy atom. The van der Waals surface area contributed by atoms with Crippen LogP contribution in [0.5, 0.6) is 0 Å². The number of nitrogens with zero attached hydrogens (tertiary/aromatic N) is 5. The maximum Gasteiger partial charge on any atom is 0.308 e. The summed E-state index contributed by atoms with van der Waals surface area (Å²) < 4.78 is 0. The minimum Gasteiger partial charge on any atom is -0.481 e. The zero-order valence-corrected chi connectivity index (χ0v) is 19.0. The van der Waals surface area contributed by atoms with Crippen LogP contribution in [-0.2, 0) is 4.79 Å². The fraction of sp³-hybridized carbons (Fsp3) is 0.364. The minimum atomic E-state index is -0.738. The molecule has 2 atom stereocenters. The smallest absolute Gasteiger partial charge is 0.308 e. The number of carboxylic acid groups (broad SMARTS) is 1. The molecule has 4 aromatic heterocycles. The highest BCUT2D eigenvalue weighted by molar-refractivity contribution is 7.13. The lowest BCUT2D eigenvalue weighted by Crippen LogP contribution is -2.51. The van der Waals surface area contributed by atoms with E-state index in [1.807, 2.05) is 11.4 Å². The Morgan fingerprint density at radius 2 is 1.97 bits per heavy atom. The maximum atomic E-state index is 12.1. The molecule has 0 aromatic carbocycles.